The molecular weight excluding hydrogens is 348 g/mol. The minimum Gasteiger partial charge on any atom is -0.485 e. The average Bonchev–Trinajstić information content (AvgIpc) is 3.16. The van der Waals surface area contributed by atoms with E-state index in [2.05, 4.69) is 15.5 Å². The predicted molar refractivity (Wildman–Crippen MR) is 96.1 cm³/mol. The number of carbonyl (C=O) groups excluding carboxylic acids is 2. The molecule has 0 bridgehead atoms. The number of aromatic nitrogens is 2. The molecule has 8 heteroatoms. The summed E-state index contributed by atoms with van der Waals surface area (Å²) in [4.78, 5) is 27.4. The van der Waals surface area contributed by atoms with Crippen molar-refractivity contribution >= 4 is 11.8 Å². The number of benzene rings is 2. The van der Waals surface area contributed by atoms with Crippen LogP contribution in [0.25, 0.3) is 0 Å². The first kappa shape index (κ1) is 18.1. The molecular formula is C19H18N4O4. The fourth-order valence-electron chi connectivity index (χ4n) is 2.38. The van der Waals surface area contributed by atoms with E-state index in [-0.39, 0.29) is 23.9 Å². The third-order valence-corrected chi connectivity index (χ3v) is 3.71. The molecule has 0 fully saturated rings. The van der Waals surface area contributed by atoms with E-state index in [9.17, 15) is 9.59 Å². The van der Waals surface area contributed by atoms with E-state index in [1.54, 1.807) is 24.3 Å². The Kier molecular flexibility index (Phi) is 5.78. The summed E-state index contributed by atoms with van der Waals surface area (Å²) in [6, 6.07) is 16.3. The van der Waals surface area contributed by atoms with Crippen LogP contribution in [0.2, 0.25) is 0 Å². The van der Waals surface area contributed by atoms with Crippen LogP contribution < -0.4 is 15.8 Å². The maximum Gasteiger partial charge on any atom is 0.316 e. The molecule has 138 valence electrons. The first-order chi connectivity index (χ1) is 13.1. The Balaban J connectivity index is 1.52. The van der Waals surface area contributed by atoms with Gasteiger partial charge in [-0.3, -0.25) is 9.59 Å². The van der Waals surface area contributed by atoms with Crippen LogP contribution in [0.3, 0.4) is 0 Å². The van der Waals surface area contributed by atoms with E-state index in [1.165, 1.54) is 0 Å². The summed E-state index contributed by atoms with van der Waals surface area (Å²) in [6.07, 6.45) is 0.695. The Morgan fingerprint density at radius 3 is 2.59 bits per heavy atom. The van der Waals surface area contributed by atoms with Crippen molar-refractivity contribution in [3.63, 3.8) is 0 Å². The van der Waals surface area contributed by atoms with Gasteiger partial charge in [0, 0.05) is 6.54 Å². The van der Waals surface area contributed by atoms with E-state index < -0.39 is 11.8 Å². The Bertz CT molecular complexity index is 924. The lowest BCUT2D eigenvalue weighted by Gasteiger charge is -2.06. The topological polar surface area (TPSA) is 120 Å². The Hall–Kier alpha value is -3.68. The first-order valence-corrected chi connectivity index (χ1v) is 8.30. The van der Waals surface area contributed by atoms with Crippen LogP contribution in [-0.2, 0) is 13.0 Å². The minimum absolute atomic E-state index is 0.0644. The van der Waals surface area contributed by atoms with Crippen LogP contribution >= 0.6 is 0 Å². The van der Waals surface area contributed by atoms with Gasteiger partial charge < -0.3 is 20.3 Å². The molecule has 3 N–H and O–H groups in total. The van der Waals surface area contributed by atoms with Crippen LogP contribution in [0.4, 0.5) is 0 Å². The van der Waals surface area contributed by atoms with Gasteiger partial charge in [-0.15, -0.1) is 0 Å². The molecule has 2 amide bonds. The molecule has 1 aromatic heterocycles. The van der Waals surface area contributed by atoms with Gasteiger partial charge in [0.1, 0.15) is 5.75 Å². The number of nitrogens with two attached hydrogens (primary N) is 1. The van der Waals surface area contributed by atoms with Gasteiger partial charge in [0.05, 0.1) is 5.56 Å². The SMILES string of the molecule is NC(=O)c1ccccc1OCc1noc(C(=O)NCCc2ccccc2)n1. The molecule has 0 saturated carbocycles. The number of para-hydroxylation sites is 1. The van der Waals surface area contributed by atoms with Crippen molar-refractivity contribution < 1.29 is 18.8 Å². The molecule has 2 aromatic carbocycles. The molecule has 0 saturated heterocycles. The second-order valence-corrected chi connectivity index (χ2v) is 5.66. The molecule has 0 spiro atoms. The smallest absolute Gasteiger partial charge is 0.316 e. The summed E-state index contributed by atoms with van der Waals surface area (Å²) in [5.41, 5.74) is 6.66. The van der Waals surface area contributed by atoms with Crippen molar-refractivity contribution in [2.75, 3.05) is 6.54 Å². The minimum atomic E-state index is -0.600. The van der Waals surface area contributed by atoms with Crippen LogP contribution in [0.15, 0.2) is 59.1 Å². The Morgan fingerprint density at radius 1 is 1.07 bits per heavy atom. The standard InChI is InChI=1S/C19H18N4O4/c20-17(24)14-8-4-5-9-15(14)26-12-16-22-19(27-23-16)18(25)21-11-10-13-6-2-1-3-7-13/h1-9H,10-12H2,(H2,20,24)(H,21,25). The summed E-state index contributed by atoms with van der Waals surface area (Å²) in [5, 5.41) is 6.43. The van der Waals surface area contributed by atoms with Crippen molar-refractivity contribution in [1.29, 1.82) is 0 Å². The molecule has 27 heavy (non-hydrogen) atoms. The van der Waals surface area contributed by atoms with Crippen molar-refractivity contribution in [1.82, 2.24) is 15.5 Å². The molecule has 3 aromatic rings. The van der Waals surface area contributed by atoms with E-state index in [0.29, 0.717) is 18.7 Å². The molecule has 0 radical (unpaired) electrons. The van der Waals surface area contributed by atoms with Gasteiger partial charge in [-0.2, -0.15) is 4.98 Å². The van der Waals surface area contributed by atoms with Gasteiger partial charge in [0.25, 0.3) is 5.91 Å². The number of nitrogens with one attached hydrogen (secondary N) is 1. The zero-order valence-electron chi connectivity index (χ0n) is 14.4. The van der Waals surface area contributed by atoms with Crippen LogP contribution in [0, 0.1) is 0 Å². The molecule has 0 atom stereocenters. The largest absolute Gasteiger partial charge is 0.485 e. The number of hydrogen-bond donors (Lipinski definition) is 2. The summed E-state index contributed by atoms with van der Waals surface area (Å²) in [6.45, 7) is 0.383. The molecule has 0 unspecified atom stereocenters. The van der Waals surface area contributed by atoms with Crippen LogP contribution in [0.5, 0.6) is 5.75 Å². The Morgan fingerprint density at radius 2 is 1.81 bits per heavy atom. The van der Waals surface area contributed by atoms with Crippen molar-refractivity contribution in [3.05, 3.63) is 77.4 Å². The number of primary amides is 1. The highest BCUT2D eigenvalue weighted by Crippen LogP contribution is 2.18. The first-order valence-electron chi connectivity index (χ1n) is 8.30. The number of ether oxygens (including phenoxy) is 1. The van der Waals surface area contributed by atoms with Crippen LogP contribution in [0.1, 0.15) is 32.4 Å². The summed E-state index contributed by atoms with van der Waals surface area (Å²) < 4.78 is 10.4. The van der Waals surface area contributed by atoms with E-state index in [4.69, 9.17) is 15.0 Å². The third kappa shape index (κ3) is 4.91. The molecule has 0 aliphatic rings. The Labute approximate surface area is 155 Å². The second-order valence-electron chi connectivity index (χ2n) is 5.66. The fraction of sp³-hybridized carbons (Fsp3) is 0.158. The maximum absolute atomic E-state index is 12.1. The fourth-order valence-corrected chi connectivity index (χ4v) is 2.38. The third-order valence-electron chi connectivity index (χ3n) is 3.71. The predicted octanol–water partition coefficient (Wildman–Crippen LogP) is 1.72. The number of hydrogen-bond acceptors (Lipinski definition) is 6. The maximum atomic E-state index is 12.1. The molecule has 0 aliphatic heterocycles. The van der Waals surface area contributed by atoms with E-state index in [0.717, 1.165) is 5.56 Å². The van der Waals surface area contributed by atoms with Gasteiger partial charge in [-0.05, 0) is 24.1 Å². The van der Waals surface area contributed by atoms with Crippen LogP contribution in [-0.4, -0.2) is 28.5 Å². The average molecular weight is 366 g/mol. The van der Waals surface area contributed by atoms with Crippen molar-refractivity contribution in [2.45, 2.75) is 13.0 Å². The van der Waals surface area contributed by atoms with Gasteiger partial charge >= 0.3 is 11.8 Å². The zero-order chi connectivity index (χ0) is 19.1. The van der Waals surface area contributed by atoms with Gasteiger partial charge in [-0.25, -0.2) is 0 Å². The lowest BCUT2D eigenvalue weighted by atomic mass is 10.1. The second kappa shape index (κ2) is 8.61. The monoisotopic (exact) mass is 366 g/mol. The van der Waals surface area contributed by atoms with Gasteiger partial charge in [0.15, 0.2) is 6.61 Å². The number of amides is 2. The zero-order valence-corrected chi connectivity index (χ0v) is 14.4. The summed E-state index contributed by atoms with van der Waals surface area (Å²) >= 11 is 0. The number of nitrogens with zero attached hydrogens (tertiary/aromatic N) is 2. The van der Waals surface area contributed by atoms with E-state index in [1.807, 2.05) is 30.3 Å². The summed E-state index contributed by atoms with van der Waals surface area (Å²) in [5.74, 6) is -0.713. The lowest BCUT2D eigenvalue weighted by Crippen LogP contribution is -2.26. The highest BCUT2D eigenvalue weighted by molar-refractivity contribution is 5.95. The summed E-state index contributed by atoms with van der Waals surface area (Å²) in [7, 11) is 0. The quantitative estimate of drug-likeness (QED) is 0.626. The van der Waals surface area contributed by atoms with Crippen molar-refractivity contribution in [2.24, 2.45) is 5.73 Å². The molecule has 3 rings (SSSR count). The van der Waals surface area contributed by atoms with Gasteiger partial charge in [0.2, 0.25) is 5.82 Å². The highest BCUT2D eigenvalue weighted by Gasteiger charge is 2.16. The van der Waals surface area contributed by atoms with Gasteiger partial charge in [-0.1, -0.05) is 47.6 Å². The highest BCUT2D eigenvalue weighted by atomic mass is 16.5. The molecule has 1 heterocycles. The molecule has 0 aliphatic carbocycles. The lowest BCUT2D eigenvalue weighted by molar-refractivity contribution is 0.0909. The van der Waals surface area contributed by atoms with Crippen molar-refractivity contribution in [3.8, 4) is 5.75 Å². The molecule has 8 nitrogen and oxygen atoms in total. The number of carbonyl (C=O) groups is 2. The van der Waals surface area contributed by atoms with E-state index >= 15 is 0 Å². The normalized spacial score (nSPS) is 10.4. The number of rotatable bonds is 8.